The lowest BCUT2D eigenvalue weighted by Gasteiger charge is -2.08. The number of ether oxygens (including phenoxy) is 1. The van der Waals surface area contributed by atoms with Crippen LogP contribution in [0.2, 0.25) is 0 Å². The largest absolute Gasteiger partial charge is 0.494 e. The summed E-state index contributed by atoms with van der Waals surface area (Å²) in [4.78, 5) is 22.3. The van der Waals surface area contributed by atoms with Gasteiger partial charge in [0, 0.05) is 17.7 Å². The van der Waals surface area contributed by atoms with E-state index in [1.807, 2.05) is 0 Å². The van der Waals surface area contributed by atoms with E-state index in [0.717, 1.165) is 37.5 Å². The maximum Gasteiger partial charge on any atom is 0.271 e. The lowest BCUT2D eigenvalue weighted by molar-refractivity contribution is -0.384. The molecule has 26 heavy (non-hydrogen) atoms. The molecule has 0 aliphatic carbocycles. The van der Waals surface area contributed by atoms with Crippen molar-refractivity contribution in [3.63, 3.8) is 0 Å². The number of nitrogens with zero attached hydrogens (tertiary/aromatic N) is 1. The normalized spacial score (nSPS) is 10.4. The standard InChI is InChI=1S/C19H21FN2O4/c1-2-3-4-5-12-26-16-9-6-14(7-10-16)19(23)21-18-13-15(22(24)25)8-11-17(18)20/h6-11,13H,2-5,12H2,1H3,(H,21,23). The molecule has 0 aromatic heterocycles. The van der Waals surface area contributed by atoms with Crippen LogP contribution in [0.25, 0.3) is 0 Å². The van der Waals surface area contributed by atoms with Gasteiger partial charge >= 0.3 is 0 Å². The fourth-order valence-corrected chi connectivity index (χ4v) is 2.34. The summed E-state index contributed by atoms with van der Waals surface area (Å²) < 4.78 is 19.3. The van der Waals surface area contributed by atoms with E-state index in [0.29, 0.717) is 17.9 Å². The number of hydrogen-bond donors (Lipinski definition) is 1. The van der Waals surface area contributed by atoms with Crippen LogP contribution in [0.5, 0.6) is 5.75 Å². The molecule has 0 saturated heterocycles. The molecule has 7 heteroatoms. The summed E-state index contributed by atoms with van der Waals surface area (Å²) in [6.07, 6.45) is 4.43. The first kappa shape index (κ1) is 19.4. The van der Waals surface area contributed by atoms with E-state index in [4.69, 9.17) is 4.74 Å². The van der Waals surface area contributed by atoms with E-state index in [2.05, 4.69) is 12.2 Å². The van der Waals surface area contributed by atoms with Gasteiger partial charge < -0.3 is 10.1 Å². The van der Waals surface area contributed by atoms with Gasteiger partial charge in [-0.2, -0.15) is 0 Å². The van der Waals surface area contributed by atoms with Crippen LogP contribution in [0.4, 0.5) is 15.8 Å². The molecule has 0 unspecified atom stereocenters. The fraction of sp³-hybridized carbons (Fsp3) is 0.316. The van der Waals surface area contributed by atoms with Gasteiger partial charge in [-0.25, -0.2) is 4.39 Å². The quantitative estimate of drug-likeness (QED) is 0.390. The van der Waals surface area contributed by atoms with E-state index in [1.165, 1.54) is 6.42 Å². The highest BCUT2D eigenvalue weighted by Crippen LogP contribution is 2.22. The number of amides is 1. The van der Waals surface area contributed by atoms with Crippen molar-refractivity contribution in [1.82, 2.24) is 0 Å². The number of anilines is 1. The smallest absolute Gasteiger partial charge is 0.271 e. The molecule has 1 N–H and O–H groups in total. The number of non-ortho nitro benzene ring substituents is 1. The van der Waals surface area contributed by atoms with Crippen LogP contribution in [-0.4, -0.2) is 17.4 Å². The van der Waals surface area contributed by atoms with Gasteiger partial charge in [0.05, 0.1) is 17.2 Å². The van der Waals surface area contributed by atoms with Gasteiger partial charge in [-0.05, 0) is 36.8 Å². The maximum absolute atomic E-state index is 13.7. The van der Waals surface area contributed by atoms with Crippen LogP contribution in [0.3, 0.4) is 0 Å². The van der Waals surface area contributed by atoms with E-state index < -0.39 is 16.6 Å². The molecule has 2 aromatic rings. The molecule has 2 rings (SSSR count). The Labute approximate surface area is 151 Å². The van der Waals surface area contributed by atoms with Crippen molar-refractivity contribution in [2.24, 2.45) is 0 Å². The second kappa shape index (κ2) is 9.50. The van der Waals surface area contributed by atoms with Gasteiger partial charge in [-0.3, -0.25) is 14.9 Å². The summed E-state index contributed by atoms with van der Waals surface area (Å²) in [5, 5.41) is 13.1. The van der Waals surface area contributed by atoms with Crippen molar-refractivity contribution in [3.05, 3.63) is 64.0 Å². The summed E-state index contributed by atoms with van der Waals surface area (Å²) in [7, 11) is 0. The molecule has 0 spiro atoms. The van der Waals surface area contributed by atoms with Gasteiger partial charge in [0.15, 0.2) is 0 Å². The molecule has 0 bridgehead atoms. The molecule has 0 radical (unpaired) electrons. The zero-order valence-corrected chi connectivity index (χ0v) is 14.5. The number of halogens is 1. The first-order chi connectivity index (χ1) is 12.5. The number of carbonyl (C=O) groups is 1. The van der Waals surface area contributed by atoms with E-state index in [9.17, 15) is 19.3 Å². The zero-order chi connectivity index (χ0) is 18.9. The molecule has 1 amide bonds. The highest BCUT2D eigenvalue weighted by atomic mass is 19.1. The van der Waals surface area contributed by atoms with Crippen LogP contribution in [-0.2, 0) is 0 Å². The lowest BCUT2D eigenvalue weighted by atomic mass is 10.2. The first-order valence-electron chi connectivity index (χ1n) is 8.49. The van der Waals surface area contributed by atoms with Crippen LogP contribution >= 0.6 is 0 Å². The number of nitro groups is 1. The topological polar surface area (TPSA) is 81.5 Å². The Morgan fingerprint density at radius 3 is 2.54 bits per heavy atom. The van der Waals surface area contributed by atoms with Crippen molar-refractivity contribution >= 4 is 17.3 Å². The third-order valence-corrected chi connectivity index (χ3v) is 3.79. The molecule has 0 saturated carbocycles. The third kappa shape index (κ3) is 5.54. The minimum Gasteiger partial charge on any atom is -0.494 e. The Balaban J connectivity index is 1.96. The predicted molar refractivity (Wildman–Crippen MR) is 97.1 cm³/mol. The Hall–Kier alpha value is -2.96. The maximum atomic E-state index is 13.7. The molecule has 0 fully saturated rings. The minimum atomic E-state index is -0.740. The zero-order valence-electron chi connectivity index (χ0n) is 14.5. The summed E-state index contributed by atoms with van der Waals surface area (Å²) in [6.45, 7) is 2.76. The number of nitro benzene ring substituents is 1. The van der Waals surface area contributed by atoms with E-state index in [-0.39, 0.29) is 11.4 Å². The van der Waals surface area contributed by atoms with Crippen molar-refractivity contribution in [2.45, 2.75) is 32.6 Å². The van der Waals surface area contributed by atoms with Crippen molar-refractivity contribution in [3.8, 4) is 5.75 Å². The fourth-order valence-electron chi connectivity index (χ4n) is 2.34. The van der Waals surface area contributed by atoms with Gasteiger partial charge in [0.2, 0.25) is 0 Å². The van der Waals surface area contributed by atoms with Crippen LogP contribution in [0.15, 0.2) is 42.5 Å². The molecule has 0 atom stereocenters. The molecular formula is C19H21FN2O4. The molecular weight excluding hydrogens is 339 g/mol. The Kier molecular flexibility index (Phi) is 7.08. The van der Waals surface area contributed by atoms with Gasteiger partial charge in [0.25, 0.3) is 11.6 Å². The highest BCUT2D eigenvalue weighted by Gasteiger charge is 2.14. The summed E-state index contributed by atoms with van der Waals surface area (Å²) >= 11 is 0. The second-order valence-electron chi connectivity index (χ2n) is 5.81. The lowest BCUT2D eigenvalue weighted by Crippen LogP contribution is -2.13. The molecule has 138 valence electrons. The van der Waals surface area contributed by atoms with Crippen molar-refractivity contribution < 1.29 is 18.8 Å². The van der Waals surface area contributed by atoms with Crippen molar-refractivity contribution in [1.29, 1.82) is 0 Å². The SMILES string of the molecule is CCCCCCOc1ccc(C(=O)Nc2cc([N+](=O)[O-])ccc2F)cc1. The first-order valence-corrected chi connectivity index (χ1v) is 8.49. The molecule has 2 aromatic carbocycles. The average Bonchev–Trinajstić information content (AvgIpc) is 2.63. The van der Waals surface area contributed by atoms with Crippen LogP contribution < -0.4 is 10.1 Å². The third-order valence-electron chi connectivity index (χ3n) is 3.79. The molecule has 0 aliphatic heterocycles. The number of nitrogens with one attached hydrogen (secondary N) is 1. The van der Waals surface area contributed by atoms with Gasteiger partial charge in [-0.1, -0.05) is 26.2 Å². The number of rotatable bonds is 9. The van der Waals surface area contributed by atoms with E-state index in [1.54, 1.807) is 24.3 Å². The second-order valence-corrected chi connectivity index (χ2v) is 5.81. The monoisotopic (exact) mass is 360 g/mol. The Morgan fingerprint density at radius 1 is 1.15 bits per heavy atom. The summed E-state index contributed by atoms with van der Waals surface area (Å²) in [5.74, 6) is -0.644. The average molecular weight is 360 g/mol. The summed E-state index contributed by atoms with van der Waals surface area (Å²) in [6, 6.07) is 9.43. The number of carbonyl (C=O) groups excluding carboxylic acids is 1. The van der Waals surface area contributed by atoms with Crippen molar-refractivity contribution in [2.75, 3.05) is 11.9 Å². The van der Waals surface area contributed by atoms with E-state index >= 15 is 0 Å². The number of unbranched alkanes of at least 4 members (excludes halogenated alkanes) is 3. The molecule has 0 heterocycles. The Morgan fingerprint density at radius 2 is 1.88 bits per heavy atom. The predicted octanol–water partition coefficient (Wildman–Crippen LogP) is 4.95. The van der Waals surface area contributed by atoms with Gasteiger partial charge in [0.1, 0.15) is 11.6 Å². The Bertz CT molecular complexity index is 763. The minimum absolute atomic E-state index is 0.236. The number of hydrogen-bond acceptors (Lipinski definition) is 4. The molecule has 6 nitrogen and oxygen atoms in total. The molecule has 0 aliphatic rings. The van der Waals surface area contributed by atoms with Gasteiger partial charge in [-0.15, -0.1) is 0 Å². The highest BCUT2D eigenvalue weighted by molar-refractivity contribution is 6.04. The summed E-state index contributed by atoms with van der Waals surface area (Å²) in [5.41, 5.74) is -0.233. The number of benzene rings is 2. The van der Waals surface area contributed by atoms with Crippen LogP contribution in [0.1, 0.15) is 43.0 Å². The van der Waals surface area contributed by atoms with Crippen LogP contribution in [0, 0.1) is 15.9 Å².